The number of hydrogen-bond donors (Lipinski definition) is 2. The number of benzene rings is 1. The molecule has 2 N–H and O–H groups in total. The van der Waals surface area contributed by atoms with Gasteiger partial charge in [-0.25, -0.2) is 24.4 Å². The second kappa shape index (κ2) is 9.07. The summed E-state index contributed by atoms with van der Waals surface area (Å²) >= 11 is 5.92. The predicted octanol–water partition coefficient (Wildman–Crippen LogP) is 4.43. The Kier molecular flexibility index (Phi) is 5.68. The van der Waals surface area contributed by atoms with Crippen LogP contribution in [0.2, 0.25) is 5.15 Å². The number of nitrogens with one attached hydrogen (secondary N) is 1. The van der Waals surface area contributed by atoms with E-state index < -0.39 is 12.0 Å². The first-order chi connectivity index (χ1) is 18.3. The molecular weight excluding hydrogens is 506 g/mol. The lowest BCUT2D eigenvalue weighted by Gasteiger charge is -2.22. The lowest BCUT2D eigenvalue weighted by molar-refractivity contribution is 0.0691. The topological polar surface area (TPSA) is 128 Å². The minimum absolute atomic E-state index is 0.0879. The van der Waals surface area contributed by atoms with Crippen LogP contribution in [0.3, 0.4) is 0 Å². The van der Waals surface area contributed by atoms with E-state index in [1.54, 1.807) is 21.5 Å². The number of aromatic nitrogens is 6. The molecule has 10 nitrogen and oxygen atoms in total. The summed E-state index contributed by atoms with van der Waals surface area (Å²) in [7, 11) is 0. The van der Waals surface area contributed by atoms with Crippen LogP contribution in [0.1, 0.15) is 40.3 Å². The number of pyridine rings is 2. The van der Waals surface area contributed by atoms with Crippen LogP contribution >= 0.6 is 11.6 Å². The van der Waals surface area contributed by atoms with Crippen molar-refractivity contribution in [2.45, 2.75) is 32.9 Å². The number of halogens is 1. The highest BCUT2D eigenvalue weighted by Gasteiger charge is 2.26. The molecule has 1 atom stereocenters. The smallest absolute Gasteiger partial charge is 0.356 e. The van der Waals surface area contributed by atoms with Crippen molar-refractivity contribution in [1.82, 2.24) is 29.3 Å². The standard InChI is InChI=1S/C27H22ClN7O3/c1-14-11-16(15(2)30-20-6-7-21(28)31-24(20)27(37)38)23-17(12-14)26(36)34-10-8-19-18(25(34)32-23)13-35(33-19)22-5-3-4-9-29-22/h3-7,9,11-13,15,30H,8,10H2,1-2H3,(H,37,38)/t15-/m1/s1. The number of hydrogen-bond acceptors (Lipinski definition) is 7. The summed E-state index contributed by atoms with van der Waals surface area (Å²) < 4.78 is 3.40. The van der Waals surface area contributed by atoms with E-state index in [0.717, 1.165) is 22.4 Å². The van der Waals surface area contributed by atoms with Gasteiger partial charge in [-0.3, -0.25) is 9.36 Å². The van der Waals surface area contributed by atoms with Crippen molar-refractivity contribution in [3.05, 3.63) is 92.9 Å². The zero-order chi connectivity index (χ0) is 26.6. The Balaban J connectivity index is 1.49. The van der Waals surface area contributed by atoms with Gasteiger partial charge in [0.2, 0.25) is 0 Å². The van der Waals surface area contributed by atoms with Gasteiger partial charge in [0.05, 0.1) is 33.9 Å². The maximum absolute atomic E-state index is 13.7. The third kappa shape index (κ3) is 3.99. The zero-order valence-electron chi connectivity index (χ0n) is 20.5. The lowest BCUT2D eigenvalue weighted by Crippen LogP contribution is -2.28. The number of carboxylic acid groups (broad SMARTS) is 1. The van der Waals surface area contributed by atoms with E-state index in [-0.39, 0.29) is 16.4 Å². The molecule has 0 spiro atoms. The summed E-state index contributed by atoms with van der Waals surface area (Å²) in [6.07, 6.45) is 4.16. The van der Waals surface area contributed by atoms with Crippen LogP contribution < -0.4 is 10.9 Å². The summed E-state index contributed by atoms with van der Waals surface area (Å²) in [5, 5.41) is 18.1. The van der Waals surface area contributed by atoms with Gasteiger partial charge in [-0.05, 0) is 49.7 Å². The summed E-state index contributed by atoms with van der Waals surface area (Å²) in [6.45, 7) is 4.28. The Bertz CT molecular complexity index is 1800. The van der Waals surface area contributed by atoms with Gasteiger partial charge < -0.3 is 10.4 Å². The van der Waals surface area contributed by atoms with Crippen LogP contribution in [0.25, 0.3) is 28.1 Å². The number of rotatable bonds is 5. The SMILES string of the molecule is Cc1cc([C@@H](C)Nc2ccc(Cl)nc2C(=O)O)c2nc3n(c(=O)c2c1)CCc1nn(-c2ccccn2)cc1-3. The highest BCUT2D eigenvalue weighted by Crippen LogP contribution is 2.32. The van der Waals surface area contributed by atoms with Crippen LogP contribution in [0.4, 0.5) is 5.69 Å². The number of carbonyl (C=O) groups is 1. The normalized spacial score (nSPS) is 13.1. The fourth-order valence-electron chi connectivity index (χ4n) is 4.88. The Morgan fingerprint density at radius 1 is 1.18 bits per heavy atom. The summed E-state index contributed by atoms with van der Waals surface area (Å²) in [5.74, 6) is 0.0262. The third-order valence-corrected chi connectivity index (χ3v) is 6.83. The summed E-state index contributed by atoms with van der Waals surface area (Å²) in [6, 6.07) is 12.1. The molecule has 190 valence electrons. The number of anilines is 1. The van der Waals surface area contributed by atoms with Crippen molar-refractivity contribution in [1.29, 1.82) is 0 Å². The molecule has 4 aromatic heterocycles. The molecule has 0 fully saturated rings. The maximum Gasteiger partial charge on any atom is 0.356 e. The molecule has 0 bridgehead atoms. The van der Waals surface area contributed by atoms with Crippen molar-refractivity contribution in [3.8, 4) is 17.2 Å². The van der Waals surface area contributed by atoms with E-state index in [2.05, 4.69) is 15.3 Å². The van der Waals surface area contributed by atoms with E-state index in [9.17, 15) is 14.7 Å². The molecule has 0 saturated carbocycles. The number of aryl methyl sites for hydroxylation is 2. The molecule has 1 aliphatic heterocycles. The monoisotopic (exact) mass is 527 g/mol. The van der Waals surface area contributed by atoms with Crippen LogP contribution in [0.5, 0.6) is 0 Å². The van der Waals surface area contributed by atoms with Gasteiger partial charge in [0, 0.05) is 30.9 Å². The van der Waals surface area contributed by atoms with Gasteiger partial charge in [0.25, 0.3) is 5.56 Å². The molecule has 0 amide bonds. The average Bonchev–Trinajstić information content (AvgIpc) is 3.35. The molecule has 38 heavy (non-hydrogen) atoms. The highest BCUT2D eigenvalue weighted by atomic mass is 35.5. The van der Waals surface area contributed by atoms with Crippen LogP contribution in [-0.4, -0.2) is 40.4 Å². The van der Waals surface area contributed by atoms with Gasteiger partial charge in [0.15, 0.2) is 11.5 Å². The largest absolute Gasteiger partial charge is 0.476 e. The van der Waals surface area contributed by atoms with Gasteiger partial charge >= 0.3 is 5.97 Å². The second-order valence-electron chi connectivity index (χ2n) is 9.22. The van der Waals surface area contributed by atoms with Crippen LogP contribution in [-0.2, 0) is 13.0 Å². The fourth-order valence-corrected chi connectivity index (χ4v) is 5.02. The zero-order valence-corrected chi connectivity index (χ0v) is 21.3. The van der Waals surface area contributed by atoms with Gasteiger partial charge in [-0.1, -0.05) is 23.7 Å². The number of carboxylic acids is 1. The molecule has 11 heteroatoms. The molecule has 1 aliphatic rings. The molecular formula is C27H22ClN7O3. The van der Waals surface area contributed by atoms with Gasteiger partial charge in [-0.15, -0.1) is 0 Å². The average molecular weight is 528 g/mol. The molecule has 1 aromatic carbocycles. The number of fused-ring (bicyclic) bond motifs is 4. The Labute approximate surface area is 221 Å². The van der Waals surface area contributed by atoms with Gasteiger partial charge in [0.1, 0.15) is 11.0 Å². The van der Waals surface area contributed by atoms with Crippen LogP contribution in [0.15, 0.2) is 59.7 Å². The van der Waals surface area contributed by atoms with E-state index >= 15 is 0 Å². The summed E-state index contributed by atoms with van der Waals surface area (Å²) in [5.41, 5.74) is 3.84. The van der Waals surface area contributed by atoms with E-state index in [0.29, 0.717) is 41.2 Å². The Morgan fingerprint density at radius 2 is 2.03 bits per heavy atom. The minimum Gasteiger partial charge on any atom is -0.476 e. The number of aromatic carboxylic acids is 1. The van der Waals surface area contributed by atoms with Gasteiger partial charge in [-0.2, -0.15) is 5.10 Å². The van der Waals surface area contributed by atoms with E-state index in [1.165, 1.54) is 6.07 Å². The molecule has 5 aromatic rings. The minimum atomic E-state index is -1.20. The molecule has 6 rings (SSSR count). The number of nitrogens with zero attached hydrogens (tertiary/aromatic N) is 6. The van der Waals surface area contributed by atoms with E-state index in [1.807, 2.05) is 50.4 Å². The van der Waals surface area contributed by atoms with Crippen molar-refractivity contribution < 1.29 is 9.90 Å². The van der Waals surface area contributed by atoms with Crippen molar-refractivity contribution in [2.24, 2.45) is 0 Å². The van der Waals surface area contributed by atoms with E-state index in [4.69, 9.17) is 21.7 Å². The molecule has 0 aliphatic carbocycles. The lowest BCUT2D eigenvalue weighted by atomic mass is 10.00. The first kappa shape index (κ1) is 23.8. The van der Waals surface area contributed by atoms with Crippen molar-refractivity contribution in [3.63, 3.8) is 0 Å². The fraction of sp³-hybridized carbons (Fsp3) is 0.185. The quantitative estimate of drug-likeness (QED) is 0.321. The Hall–Kier alpha value is -4.57. The second-order valence-corrected chi connectivity index (χ2v) is 9.60. The Morgan fingerprint density at radius 3 is 2.79 bits per heavy atom. The predicted molar refractivity (Wildman–Crippen MR) is 143 cm³/mol. The molecule has 5 heterocycles. The van der Waals surface area contributed by atoms with Crippen molar-refractivity contribution in [2.75, 3.05) is 5.32 Å². The molecule has 0 saturated heterocycles. The first-order valence-corrected chi connectivity index (χ1v) is 12.4. The van der Waals surface area contributed by atoms with Crippen molar-refractivity contribution >= 4 is 34.2 Å². The highest BCUT2D eigenvalue weighted by molar-refractivity contribution is 6.29. The molecule has 0 unspecified atom stereocenters. The molecule has 0 radical (unpaired) electrons. The maximum atomic E-state index is 13.7. The first-order valence-electron chi connectivity index (χ1n) is 12.0. The third-order valence-electron chi connectivity index (χ3n) is 6.62. The van der Waals surface area contributed by atoms with Crippen LogP contribution in [0, 0.1) is 6.92 Å². The summed E-state index contributed by atoms with van der Waals surface area (Å²) in [4.78, 5) is 38.8.